The van der Waals surface area contributed by atoms with Crippen LogP contribution in [0.1, 0.15) is 87.2 Å². The molecule has 1 saturated carbocycles. The highest BCUT2D eigenvalue weighted by Crippen LogP contribution is 2.36. The van der Waals surface area contributed by atoms with Crippen molar-refractivity contribution in [2.24, 2.45) is 11.8 Å². The van der Waals surface area contributed by atoms with Crippen molar-refractivity contribution in [2.45, 2.75) is 90.1 Å². The van der Waals surface area contributed by atoms with Crippen LogP contribution in [0.3, 0.4) is 0 Å². The van der Waals surface area contributed by atoms with E-state index in [1.165, 1.54) is 31.7 Å². The largest absolute Gasteiger partial charge is 0.383 e. The van der Waals surface area contributed by atoms with E-state index in [0.29, 0.717) is 31.0 Å². The second-order valence-corrected chi connectivity index (χ2v) is 13.0. The molecule has 0 aromatic heterocycles. The molecule has 5 nitrogen and oxygen atoms in total. The van der Waals surface area contributed by atoms with E-state index in [-0.39, 0.29) is 34.8 Å². The topological polar surface area (TPSA) is 61.4 Å². The number of nitrogens with one attached hydrogen (secondary N) is 2. The number of likely N-dealkylation sites (tertiary alicyclic amines) is 1. The predicted molar refractivity (Wildman–Crippen MR) is 163 cm³/mol. The summed E-state index contributed by atoms with van der Waals surface area (Å²) in [4.78, 5) is 29.7. The van der Waals surface area contributed by atoms with Crippen LogP contribution in [0.2, 0.25) is 0 Å². The Bertz CT molecular complexity index is 1310. The minimum absolute atomic E-state index is 0.0432. The van der Waals surface area contributed by atoms with Gasteiger partial charge in [-0.15, -0.1) is 0 Å². The lowest BCUT2D eigenvalue weighted by atomic mass is 9.77. The van der Waals surface area contributed by atoms with E-state index >= 15 is 0 Å². The Morgan fingerprint density at radius 1 is 1.00 bits per heavy atom. The third-order valence-electron chi connectivity index (χ3n) is 9.01. The number of piperidine rings is 1. The van der Waals surface area contributed by atoms with E-state index in [0.717, 1.165) is 23.4 Å². The molecule has 5 rings (SSSR count). The number of anilines is 1. The molecule has 2 fully saturated rings. The van der Waals surface area contributed by atoms with Gasteiger partial charge in [-0.3, -0.25) is 9.59 Å². The molecule has 2 N–H and O–H groups in total. The Labute approximate surface area is 244 Å². The average molecular weight is 558 g/mol. The van der Waals surface area contributed by atoms with E-state index < -0.39 is 11.7 Å². The first-order valence-electron chi connectivity index (χ1n) is 15.2. The lowest BCUT2D eigenvalue weighted by Gasteiger charge is -2.44. The molecule has 2 aromatic carbocycles. The van der Waals surface area contributed by atoms with Gasteiger partial charge in [-0.05, 0) is 79.8 Å². The second-order valence-electron chi connectivity index (χ2n) is 13.0. The number of hydrogen-bond acceptors (Lipinski definition) is 3. The maximum absolute atomic E-state index is 15.0. The van der Waals surface area contributed by atoms with Crippen molar-refractivity contribution < 1.29 is 14.0 Å². The summed E-state index contributed by atoms with van der Waals surface area (Å²) in [5.74, 6) is -1.38. The van der Waals surface area contributed by atoms with Crippen LogP contribution in [0.25, 0.3) is 0 Å². The van der Waals surface area contributed by atoms with Gasteiger partial charge >= 0.3 is 0 Å². The summed E-state index contributed by atoms with van der Waals surface area (Å²) >= 11 is 0. The molecule has 41 heavy (non-hydrogen) atoms. The van der Waals surface area contributed by atoms with Gasteiger partial charge < -0.3 is 15.5 Å². The molecule has 3 atom stereocenters. The summed E-state index contributed by atoms with van der Waals surface area (Å²) in [5, 5.41) is 6.83. The van der Waals surface area contributed by atoms with Crippen molar-refractivity contribution >= 4 is 17.5 Å². The highest BCUT2D eigenvalue weighted by molar-refractivity contribution is 5.98. The van der Waals surface area contributed by atoms with Crippen LogP contribution < -0.4 is 10.6 Å². The van der Waals surface area contributed by atoms with Gasteiger partial charge in [-0.2, -0.15) is 0 Å². The summed E-state index contributed by atoms with van der Waals surface area (Å²) in [5.41, 5.74) is 3.70. The van der Waals surface area contributed by atoms with Gasteiger partial charge in [0.25, 0.3) is 5.91 Å². The number of nitrogens with zero attached hydrogens (tertiary/aromatic N) is 1. The fourth-order valence-electron chi connectivity index (χ4n) is 6.72. The van der Waals surface area contributed by atoms with E-state index in [1.54, 1.807) is 24.0 Å². The van der Waals surface area contributed by atoms with E-state index in [9.17, 15) is 14.0 Å². The molecule has 0 radical (unpaired) electrons. The highest BCUT2D eigenvalue weighted by atomic mass is 19.1. The maximum atomic E-state index is 15.0. The van der Waals surface area contributed by atoms with Gasteiger partial charge in [0, 0.05) is 29.9 Å². The van der Waals surface area contributed by atoms with Crippen molar-refractivity contribution in [1.29, 1.82) is 0 Å². The van der Waals surface area contributed by atoms with Gasteiger partial charge in [0.2, 0.25) is 5.91 Å². The van der Waals surface area contributed by atoms with Crippen LogP contribution in [-0.2, 0) is 10.2 Å². The first-order chi connectivity index (χ1) is 19.6. The monoisotopic (exact) mass is 557 g/mol. The maximum Gasteiger partial charge on any atom is 0.257 e. The minimum Gasteiger partial charge on any atom is -0.383 e. The van der Waals surface area contributed by atoms with Crippen LogP contribution >= 0.6 is 0 Å². The SMILES string of the molecule is Cc1cccc(F)c1C(=O)N1CCC[C@H](C(=O)Nc2cccc(C(C)(C)C)c2)[C@@H]1C1C=CC(NC2CCCC2)=CC1. The van der Waals surface area contributed by atoms with Crippen LogP contribution in [0, 0.1) is 24.6 Å². The van der Waals surface area contributed by atoms with Crippen molar-refractivity contribution in [3.05, 3.63) is 88.9 Å². The molecule has 1 saturated heterocycles. The zero-order valence-electron chi connectivity index (χ0n) is 24.9. The predicted octanol–water partition coefficient (Wildman–Crippen LogP) is 7.28. The molecule has 2 aromatic rings. The zero-order chi connectivity index (χ0) is 29.1. The van der Waals surface area contributed by atoms with Crippen LogP contribution in [0.4, 0.5) is 10.1 Å². The standard InChI is InChI=1S/C35H44FN3O2/c1-23-10-7-16-30(36)31(23)34(41)39-21-9-15-29(33(40)38-28-14-8-11-25(22-28)35(2,3)4)32(39)24-17-19-27(20-18-24)37-26-12-5-6-13-26/h7-8,10-11,14,16-17,19-20,22,24,26,29,32,37H,5-6,9,12-13,15,18,21H2,1-4H3,(H,38,40)/t24?,29-,32-/m0/s1. The lowest BCUT2D eigenvalue weighted by molar-refractivity contribution is -0.123. The molecule has 1 unspecified atom stereocenters. The van der Waals surface area contributed by atoms with Crippen LogP contribution in [-0.4, -0.2) is 35.3 Å². The number of allylic oxidation sites excluding steroid dienone is 2. The Hall–Kier alpha value is -3.41. The van der Waals surface area contributed by atoms with Crippen molar-refractivity contribution in [3.8, 4) is 0 Å². The molecule has 2 aliphatic carbocycles. The number of rotatable bonds is 6. The second kappa shape index (κ2) is 12.2. The fraction of sp³-hybridized carbons (Fsp3) is 0.486. The summed E-state index contributed by atoms with van der Waals surface area (Å²) < 4.78 is 15.0. The summed E-state index contributed by atoms with van der Waals surface area (Å²) in [6.07, 6.45) is 13.5. The van der Waals surface area contributed by atoms with Crippen molar-refractivity contribution in [3.63, 3.8) is 0 Å². The Morgan fingerprint density at radius 3 is 2.44 bits per heavy atom. The molecule has 0 bridgehead atoms. The molecule has 1 aliphatic heterocycles. The average Bonchev–Trinajstić information content (AvgIpc) is 3.46. The quantitative estimate of drug-likeness (QED) is 0.392. The van der Waals surface area contributed by atoms with Gasteiger partial charge in [0.15, 0.2) is 0 Å². The number of aryl methyl sites for hydroxylation is 1. The first-order valence-corrected chi connectivity index (χ1v) is 15.2. The molecule has 2 amide bonds. The van der Waals surface area contributed by atoms with E-state index in [1.807, 2.05) is 18.2 Å². The van der Waals surface area contributed by atoms with Gasteiger partial charge in [0.05, 0.1) is 17.5 Å². The summed E-state index contributed by atoms with van der Waals surface area (Å²) in [6.45, 7) is 8.72. The molecule has 0 spiro atoms. The smallest absolute Gasteiger partial charge is 0.257 e. The number of carbonyl (C=O) groups excluding carboxylic acids is 2. The Balaban J connectivity index is 1.42. The van der Waals surface area contributed by atoms with Gasteiger partial charge in [-0.25, -0.2) is 4.39 Å². The number of halogens is 1. The summed E-state index contributed by atoms with van der Waals surface area (Å²) in [7, 11) is 0. The summed E-state index contributed by atoms with van der Waals surface area (Å²) in [6, 6.07) is 12.9. The zero-order valence-corrected chi connectivity index (χ0v) is 24.9. The molecule has 1 heterocycles. The normalized spacial score (nSPS) is 23.3. The fourth-order valence-corrected chi connectivity index (χ4v) is 6.72. The van der Waals surface area contributed by atoms with Crippen molar-refractivity contribution in [1.82, 2.24) is 10.2 Å². The number of benzene rings is 2. The highest BCUT2D eigenvalue weighted by Gasteiger charge is 2.43. The third-order valence-corrected chi connectivity index (χ3v) is 9.01. The number of hydrogen-bond donors (Lipinski definition) is 2. The van der Waals surface area contributed by atoms with Crippen LogP contribution in [0.15, 0.2) is 66.4 Å². The van der Waals surface area contributed by atoms with E-state index in [2.05, 4.69) is 55.7 Å². The number of carbonyl (C=O) groups is 2. The Morgan fingerprint density at radius 2 is 1.76 bits per heavy atom. The minimum atomic E-state index is -0.513. The van der Waals surface area contributed by atoms with E-state index in [4.69, 9.17) is 0 Å². The number of amides is 2. The van der Waals surface area contributed by atoms with Gasteiger partial charge in [-0.1, -0.05) is 70.0 Å². The van der Waals surface area contributed by atoms with Crippen molar-refractivity contribution in [2.75, 3.05) is 11.9 Å². The van der Waals surface area contributed by atoms with Gasteiger partial charge in [0.1, 0.15) is 5.82 Å². The third kappa shape index (κ3) is 6.58. The molecule has 218 valence electrons. The first kappa shape index (κ1) is 29.1. The molecular weight excluding hydrogens is 513 g/mol. The lowest BCUT2D eigenvalue weighted by Crippen LogP contribution is -2.55. The Kier molecular flexibility index (Phi) is 8.67. The molecule has 6 heteroatoms. The van der Waals surface area contributed by atoms with Crippen LogP contribution in [0.5, 0.6) is 0 Å². The molecule has 3 aliphatic rings. The molecular formula is C35H44FN3O2.